The minimum absolute atomic E-state index is 0.0650. The van der Waals surface area contributed by atoms with Gasteiger partial charge in [0.2, 0.25) is 0 Å². The Labute approximate surface area is 141 Å². The van der Waals surface area contributed by atoms with E-state index in [0.717, 1.165) is 11.3 Å². The van der Waals surface area contributed by atoms with Gasteiger partial charge in [0.05, 0.1) is 12.1 Å². The fourth-order valence-corrected chi connectivity index (χ4v) is 2.24. The highest BCUT2D eigenvalue weighted by Crippen LogP contribution is 2.20. The van der Waals surface area contributed by atoms with Crippen LogP contribution in [0.3, 0.4) is 0 Å². The van der Waals surface area contributed by atoms with Gasteiger partial charge in [-0.2, -0.15) is 0 Å². The minimum atomic E-state index is -1.03. The summed E-state index contributed by atoms with van der Waals surface area (Å²) in [6.07, 6.45) is 1.18. The van der Waals surface area contributed by atoms with Crippen molar-refractivity contribution in [3.8, 4) is 0 Å². The van der Waals surface area contributed by atoms with Crippen LogP contribution in [0.2, 0.25) is 0 Å². The molecule has 0 radical (unpaired) electrons. The van der Waals surface area contributed by atoms with Crippen molar-refractivity contribution in [2.45, 2.75) is 19.1 Å². The fourth-order valence-electron chi connectivity index (χ4n) is 2.24. The first kappa shape index (κ1) is 16.5. The zero-order valence-corrected chi connectivity index (χ0v) is 12.9. The molecule has 10 nitrogen and oxygen atoms in total. The molecule has 130 valence electrons. The van der Waals surface area contributed by atoms with E-state index in [4.69, 9.17) is 15.3 Å². The van der Waals surface area contributed by atoms with E-state index in [0.29, 0.717) is 0 Å². The molecule has 0 saturated carbocycles. The number of nitrogens with two attached hydrogens (primary N) is 1. The molecule has 0 fully saturated rings. The lowest BCUT2D eigenvalue weighted by atomic mass is 10.1. The molecule has 1 amide bonds. The third-order valence-electron chi connectivity index (χ3n) is 3.41. The normalized spacial score (nSPS) is 16.2. The number of hydrogen-bond acceptors (Lipinski definition) is 8. The highest BCUT2D eigenvalue weighted by molar-refractivity contribution is 5.90. The zero-order valence-electron chi connectivity index (χ0n) is 12.9. The van der Waals surface area contributed by atoms with Crippen molar-refractivity contribution in [2.24, 2.45) is 5.73 Å². The highest BCUT2D eigenvalue weighted by atomic mass is 16.8. The number of carbonyl (C=O) groups excluding carboxylic acids is 2. The Morgan fingerprint density at radius 1 is 1.36 bits per heavy atom. The van der Waals surface area contributed by atoms with E-state index < -0.39 is 30.3 Å². The van der Waals surface area contributed by atoms with Gasteiger partial charge in [-0.15, -0.1) is 0 Å². The number of amides is 1. The predicted octanol–water partition coefficient (Wildman–Crippen LogP) is -0.215. The van der Waals surface area contributed by atoms with Gasteiger partial charge in [0.25, 0.3) is 17.3 Å². The number of aromatic nitrogens is 2. The SMILES string of the molecule is NC(=O)c1c(COC(=O)CC2C=C(c3ccccc3)NO2)no[n+]1[O-]. The molecule has 25 heavy (non-hydrogen) atoms. The molecular formula is C15H14N4O6. The average Bonchev–Trinajstić information content (AvgIpc) is 3.20. The Bertz CT molecular complexity index is 817. The van der Waals surface area contributed by atoms with Crippen LogP contribution in [0.15, 0.2) is 41.0 Å². The van der Waals surface area contributed by atoms with Crippen molar-refractivity contribution in [1.82, 2.24) is 10.6 Å². The molecule has 0 bridgehead atoms. The molecule has 2 heterocycles. The summed E-state index contributed by atoms with van der Waals surface area (Å²) in [4.78, 5) is 28.2. The number of hydroxylamine groups is 1. The van der Waals surface area contributed by atoms with Crippen LogP contribution in [0.5, 0.6) is 0 Å². The standard InChI is InChI=1S/C15H14N4O6/c16-15(21)14-12(18-25-19(14)22)8-23-13(20)7-10-6-11(17-24-10)9-4-2-1-3-5-9/h1-6,10,17H,7-8H2,(H2,16,21). The number of nitrogens with one attached hydrogen (secondary N) is 1. The topological polar surface area (TPSA) is 144 Å². The van der Waals surface area contributed by atoms with Gasteiger partial charge in [-0.05, 0) is 16.5 Å². The lowest BCUT2D eigenvalue weighted by molar-refractivity contribution is -0.803. The van der Waals surface area contributed by atoms with E-state index in [-0.39, 0.29) is 17.0 Å². The molecule has 1 unspecified atom stereocenters. The van der Waals surface area contributed by atoms with E-state index >= 15 is 0 Å². The number of primary amides is 1. The molecule has 3 rings (SSSR count). The summed E-state index contributed by atoms with van der Waals surface area (Å²) in [6.45, 7) is -0.411. The Kier molecular flexibility index (Phi) is 4.61. The Morgan fingerprint density at radius 2 is 2.12 bits per heavy atom. The molecule has 3 N–H and O–H groups in total. The number of ether oxygens (including phenoxy) is 1. The molecule has 2 aromatic rings. The number of nitrogens with zero attached hydrogens (tertiary/aromatic N) is 2. The van der Waals surface area contributed by atoms with Crippen molar-refractivity contribution in [3.05, 3.63) is 58.6 Å². The first-order chi connectivity index (χ1) is 12.0. The second-order valence-corrected chi connectivity index (χ2v) is 5.16. The molecule has 1 atom stereocenters. The van der Waals surface area contributed by atoms with Crippen molar-refractivity contribution in [2.75, 3.05) is 0 Å². The second kappa shape index (κ2) is 7.01. The van der Waals surface area contributed by atoms with Crippen LogP contribution in [0.1, 0.15) is 28.2 Å². The van der Waals surface area contributed by atoms with Crippen molar-refractivity contribution in [1.29, 1.82) is 0 Å². The average molecular weight is 346 g/mol. The summed E-state index contributed by atoms with van der Waals surface area (Å²) in [5.41, 5.74) is 8.80. The summed E-state index contributed by atoms with van der Waals surface area (Å²) in [7, 11) is 0. The maximum atomic E-state index is 11.9. The number of esters is 1. The van der Waals surface area contributed by atoms with Gasteiger partial charge >= 0.3 is 5.97 Å². The predicted molar refractivity (Wildman–Crippen MR) is 80.8 cm³/mol. The highest BCUT2D eigenvalue weighted by Gasteiger charge is 2.27. The molecule has 0 spiro atoms. The van der Waals surface area contributed by atoms with Gasteiger partial charge in [0.1, 0.15) is 6.10 Å². The lowest BCUT2D eigenvalue weighted by Crippen LogP contribution is -2.35. The number of benzene rings is 1. The molecule has 1 aromatic heterocycles. The molecule has 0 saturated heterocycles. The molecule has 0 aliphatic carbocycles. The third-order valence-corrected chi connectivity index (χ3v) is 3.41. The van der Waals surface area contributed by atoms with Crippen LogP contribution in [-0.4, -0.2) is 23.1 Å². The fraction of sp³-hybridized carbons (Fsp3) is 0.200. The van der Waals surface area contributed by atoms with Crippen LogP contribution in [0.4, 0.5) is 0 Å². The lowest BCUT2D eigenvalue weighted by Gasteiger charge is -2.06. The van der Waals surface area contributed by atoms with Crippen LogP contribution in [0.25, 0.3) is 5.70 Å². The Hall–Kier alpha value is -3.40. The van der Waals surface area contributed by atoms with E-state index in [1.807, 2.05) is 30.3 Å². The van der Waals surface area contributed by atoms with E-state index in [1.165, 1.54) is 0 Å². The first-order valence-corrected chi connectivity index (χ1v) is 7.27. The largest absolute Gasteiger partial charge is 0.456 e. The zero-order chi connectivity index (χ0) is 17.8. The van der Waals surface area contributed by atoms with E-state index in [1.54, 1.807) is 6.08 Å². The van der Waals surface area contributed by atoms with Crippen molar-refractivity contribution < 1.29 is 28.7 Å². The van der Waals surface area contributed by atoms with Gasteiger partial charge in [-0.1, -0.05) is 30.3 Å². The van der Waals surface area contributed by atoms with E-state index in [9.17, 15) is 14.8 Å². The van der Waals surface area contributed by atoms with Crippen LogP contribution in [-0.2, 0) is 21.0 Å². The maximum Gasteiger partial charge on any atom is 0.309 e. The summed E-state index contributed by atoms with van der Waals surface area (Å²) >= 11 is 0. The number of carbonyl (C=O) groups is 2. The second-order valence-electron chi connectivity index (χ2n) is 5.16. The van der Waals surface area contributed by atoms with Crippen LogP contribution < -0.4 is 16.1 Å². The maximum absolute atomic E-state index is 11.9. The van der Waals surface area contributed by atoms with Gasteiger partial charge in [0.15, 0.2) is 6.61 Å². The van der Waals surface area contributed by atoms with Gasteiger partial charge in [-0.25, -0.2) is 0 Å². The summed E-state index contributed by atoms with van der Waals surface area (Å²) in [5.74, 6) is -1.63. The minimum Gasteiger partial charge on any atom is -0.456 e. The number of hydrogen-bond donors (Lipinski definition) is 2. The van der Waals surface area contributed by atoms with Gasteiger partial charge in [0, 0.05) is 5.16 Å². The van der Waals surface area contributed by atoms with Crippen LogP contribution in [0, 0.1) is 5.21 Å². The molecule has 1 aliphatic rings. The summed E-state index contributed by atoms with van der Waals surface area (Å²) in [5, 5.41) is 14.5. The molecular weight excluding hydrogens is 332 g/mol. The van der Waals surface area contributed by atoms with Crippen molar-refractivity contribution >= 4 is 17.6 Å². The van der Waals surface area contributed by atoms with Crippen LogP contribution >= 0.6 is 0 Å². The Balaban J connectivity index is 1.55. The van der Waals surface area contributed by atoms with E-state index in [2.05, 4.69) is 15.3 Å². The third kappa shape index (κ3) is 3.75. The number of rotatable bonds is 6. The smallest absolute Gasteiger partial charge is 0.309 e. The molecule has 1 aromatic carbocycles. The van der Waals surface area contributed by atoms with Gasteiger partial charge < -0.3 is 15.7 Å². The first-order valence-electron chi connectivity index (χ1n) is 7.27. The quantitative estimate of drug-likeness (QED) is 0.540. The monoisotopic (exact) mass is 346 g/mol. The summed E-state index contributed by atoms with van der Waals surface area (Å²) < 4.78 is 9.24. The molecule has 1 aliphatic heterocycles. The van der Waals surface area contributed by atoms with Crippen molar-refractivity contribution in [3.63, 3.8) is 0 Å². The van der Waals surface area contributed by atoms with Gasteiger partial charge in [-0.3, -0.25) is 24.5 Å². The molecule has 10 heteroatoms. The summed E-state index contributed by atoms with van der Waals surface area (Å²) in [6, 6.07) is 9.46. The Morgan fingerprint density at radius 3 is 2.84 bits per heavy atom.